The quantitative estimate of drug-likeness (QED) is 0.180. The smallest absolute Gasteiger partial charge is 0.237 e. The van der Waals surface area contributed by atoms with E-state index in [1.165, 1.54) is 34.9 Å². The molecule has 5 aromatic rings. The number of aromatic nitrogens is 2. The second-order valence-electron chi connectivity index (χ2n) is 8.69. The fraction of sp³-hybridized carbons (Fsp3) is 0.133. The van der Waals surface area contributed by atoms with E-state index in [0.29, 0.717) is 5.69 Å². The highest BCUT2D eigenvalue weighted by atomic mass is 32.2. The molecular formula is C30H26N4O2S3. The zero-order valence-corrected chi connectivity index (χ0v) is 23.6. The van der Waals surface area contributed by atoms with Crippen molar-refractivity contribution in [3.8, 4) is 0 Å². The summed E-state index contributed by atoms with van der Waals surface area (Å²) in [6.07, 6.45) is 1.72. The molecule has 5 rings (SSSR count). The van der Waals surface area contributed by atoms with E-state index < -0.39 is 0 Å². The Labute approximate surface area is 239 Å². The molecule has 0 saturated heterocycles. The molecule has 1 atom stereocenters. The molecule has 0 unspecified atom stereocenters. The summed E-state index contributed by atoms with van der Waals surface area (Å²) in [6, 6.07) is 31.0. The molecule has 196 valence electrons. The van der Waals surface area contributed by atoms with Crippen LogP contribution in [0.25, 0.3) is 10.2 Å². The molecule has 0 aliphatic carbocycles. The monoisotopic (exact) mass is 570 g/mol. The first-order valence-corrected chi connectivity index (χ1v) is 15.0. The van der Waals surface area contributed by atoms with Gasteiger partial charge in [0.15, 0.2) is 4.34 Å². The molecule has 0 fully saturated rings. The number of hydrogen-bond donors (Lipinski definition) is 2. The molecule has 2 N–H and O–H groups in total. The molecule has 3 aromatic carbocycles. The summed E-state index contributed by atoms with van der Waals surface area (Å²) < 4.78 is 1.76. The van der Waals surface area contributed by atoms with E-state index in [-0.39, 0.29) is 28.9 Å². The fourth-order valence-corrected chi connectivity index (χ4v) is 6.64. The van der Waals surface area contributed by atoms with E-state index in [9.17, 15) is 9.59 Å². The van der Waals surface area contributed by atoms with Gasteiger partial charge in [-0.1, -0.05) is 90.3 Å². The lowest BCUT2D eigenvalue weighted by Crippen LogP contribution is -2.30. The van der Waals surface area contributed by atoms with E-state index in [1.54, 1.807) is 6.20 Å². The van der Waals surface area contributed by atoms with Gasteiger partial charge in [-0.05, 0) is 48.4 Å². The van der Waals surface area contributed by atoms with Crippen molar-refractivity contribution < 1.29 is 9.59 Å². The Kier molecular flexibility index (Phi) is 8.93. The van der Waals surface area contributed by atoms with Gasteiger partial charge in [-0.15, -0.1) is 11.3 Å². The molecule has 2 aromatic heterocycles. The standard InChI is InChI=1S/C30H26N4O2S3/c1-20(38-27-14-8-9-17-31-27)29(36)32-23-15-16-24-25(18-23)39-30(33-24)37-19-26(35)34-28(21-10-4-2-5-11-21)22-12-6-3-7-13-22/h2-18,20,28H,19H2,1H3,(H,32,36)(H,34,35)/t20-/m0/s1. The van der Waals surface area contributed by atoms with Crippen LogP contribution in [0.3, 0.4) is 0 Å². The molecule has 9 heteroatoms. The summed E-state index contributed by atoms with van der Waals surface area (Å²) in [6.45, 7) is 1.86. The van der Waals surface area contributed by atoms with Gasteiger partial charge >= 0.3 is 0 Å². The second-order valence-corrected chi connectivity index (χ2v) is 12.3. The van der Waals surface area contributed by atoms with Crippen molar-refractivity contribution in [3.63, 3.8) is 0 Å². The molecule has 2 amide bonds. The third-order valence-corrected chi connectivity index (χ3v) is 9.05. The van der Waals surface area contributed by atoms with Crippen molar-refractivity contribution in [1.29, 1.82) is 0 Å². The average Bonchev–Trinajstić information content (AvgIpc) is 3.38. The number of thiazole rings is 1. The Hall–Kier alpha value is -3.66. The SMILES string of the molecule is C[C@H](Sc1ccccn1)C(=O)Nc1ccc2nc(SCC(=O)NC(c3ccccc3)c3ccccc3)sc2c1. The lowest BCUT2D eigenvalue weighted by atomic mass is 9.99. The summed E-state index contributed by atoms with van der Waals surface area (Å²) >= 11 is 4.33. The first kappa shape index (κ1) is 26.9. The molecule has 0 aliphatic heterocycles. The number of pyridine rings is 1. The number of hydrogen-bond acceptors (Lipinski definition) is 7. The van der Waals surface area contributed by atoms with Crippen LogP contribution in [0.4, 0.5) is 5.69 Å². The first-order valence-electron chi connectivity index (χ1n) is 12.4. The number of fused-ring (bicyclic) bond motifs is 1. The van der Waals surface area contributed by atoms with Crippen LogP contribution in [-0.2, 0) is 9.59 Å². The number of anilines is 1. The number of rotatable bonds is 10. The van der Waals surface area contributed by atoms with Gasteiger partial charge in [-0.3, -0.25) is 9.59 Å². The Balaban J connectivity index is 1.20. The maximum Gasteiger partial charge on any atom is 0.237 e. The number of thioether (sulfide) groups is 2. The third kappa shape index (κ3) is 7.26. The minimum atomic E-state index is -0.294. The molecule has 0 radical (unpaired) electrons. The number of nitrogens with zero attached hydrogens (tertiary/aromatic N) is 2. The average molecular weight is 571 g/mol. The number of benzene rings is 3. The van der Waals surface area contributed by atoms with Crippen LogP contribution in [-0.4, -0.2) is 32.8 Å². The zero-order chi connectivity index (χ0) is 27.0. The number of carbonyl (C=O) groups is 2. The van der Waals surface area contributed by atoms with Crippen molar-refractivity contribution in [1.82, 2.24) is 15.3 Å². The Bertz CT molecular complexity index is 1510. The van der Waals surface area contributed by atoms with E-state index in [4.69, 9.17) is 0 Å². The summed E-state index contributed by atoms with van der Waals surface area (Å²) in [5.41, 5.74) is 3.62. The van der Waals surface area contributed by atoms with Crippen LogP contribution >= 0.6 is 34.9 Å². The van der Waals surface area contributed by atoms with Gasteiger partial charge in [0.25, 0.3) is 0 Å². The van der Waals surface area contributed by atoms with Crippen LogP contribution < -0.4 is 10.6 Å². The van der Waals surface area contributed by atoms with Crippen LogP contribution in [0.1, 0.15) is 24.1 Å². The normalized spacial score (nSPS) is 11.8. The maximum atomic E-state index is 12.9. The summed E-state index contributed by atoms with van der Waals surface area (Å²) in [4.78, 5) is 34.6. The molecule has 6 nitrogen and oxygen atoms in total. The Morgan fingerprint density at radius 3 is 2.26 bits per heavy atom. The van der Waals surface area contributed by atoms with Gasteiger partial charge in [-0.25, -0.2) is 9.97 Å². The number of amides is 2. The Morgan fingerprint density at radius 2 is 1.59 bits per heavy atom. The third-order valence-electron chi connectivity index (χ3n) is 5.84. The highest BCUT2D eigenvalue weighted by molar-refractivity contribution is 8.01. The molecule has 0 spiro atoms. The van der Waals surface area contributed by atoms with Crippen molar-refractivity contribution in [2.75, 3.05) is 11.1 Å². The van der Waals surface area contributed by atoms with Gasteiger partial charge in [-0.2, -0.15) is 0 Å². The minimum absolute atomic E-state index is 0.0655. The topological polar surface area (TPSA) is 84.0 Å². The van der Waals surface area contributed by atoms with Crippen LogP contribution in [0.15, 0.2) is 113 Å². The van der Waals surface area contributed by atoms with E-state index >= 15 is 0 Å². The van der Waals surface area contributed by atoms with Crippen molar-refractivity contribution >= 4 is 62.6 Å². The molecular weight excluding hydrogens is 545 g/mol. The molecule has 0 aliphatic rings. The number of carbonyl (C=O) groups excluding carboxylic acids is 2. The Morgan fingerprint density at radius 1 is 0.897 bits per heavy atom. The van der Waals surface area contributed by atoms with Crippen LogP contribution in [0.5, 0.6) is 0 Å². The van der Waals surface area contributed by atoms with Crippen molar-refractivity contribution in [3.05, 3.63) is 114 Å². The van der Waals surface area contributed by atoms with E-state index in [0.717, 1.165) is 30.7 Å². The van der Waals surface area contributed by atoms with Gasteiger partial charge in [0, 0.05) is 11.9 Å². The largest absolute Gasteiger partial charge is 0.344 e. The molecule has 2 heterocycles. The van der Waals surface area contributed by atoms with Gasteiger partial charge in [0.05, 0.1) is 32.3 Å². The predicted octanol–water partition coefficient (Wildman–Crippen LogP) is 6.81. The lowest BCUT2D eigenvalue weighted by Gasteiger charge is -2.19. The maximum absolute atomic E-state index is 12.9. The van der Waals surface area contributed by atoms with Crippen molar-refractivity contribution in [2.45, 2.75) is 27.6 Å². The fourth-order valence-electron chi connectivity index (χ4n) is 3.92. The van der Waals surface area contributed by atoms with Crippen molar-refractivity contribution in [2.24, 2.45) is 0 Å². The first-order chi connectivity index (χ1) is 19.0. The zero-order valence-electron chi connectivity index (χ0n) is 21.1. The highest BCUT2D eigenvalue weighted by Gasteiger charge is 2.18. The van der Waals surface area contributed by atoms with E-state index in [2.05, 4.69) is 20.6 Å². The molecule has 0 saturated carbocycles. The second kappa shape index (κ2) is 12.9. The highest BCUT2D eigenvalue weighted by Crippen LogP contribution is 2.32. The van der Waals surface area contributed by atoms with Gasteiger partial charge < -0.3 is 10.6 Å². The van der Waals surface area contributed by atoms with Crippen LogP contribution in [0.2, 0.25) is 0 Å². The van der Waals surface area contributed by atoms with Crippen LogP contribution in [0, 0.1) is 0 Å². The summed E-state index contributed by atoms with van der Waals surface area (Å²) in [5.74, 6) is 0.0958. The molecule has 39 heavy (non-hydrogen) atoms. The van der Waals surface area contributed by atoms with Gasteiger partial charge in [0.2, 0.25) is 11.8 Å². The molecule has 0 bridgehead atoms. The summed E-state index contributed by atoms with van der Waals surface area (Å²) in [7, 11) is 0. The minimum Gasteiger partial charge on any atom is -0.344 e. The predicted molar refractivity (Wildman–Crippen MR) is 161 cm³/mol. The lowest BCUT2D eigenvalue weighted by molar-refractivity contribution is -0.119. The number of nitrogens with one attached hydrogen (secondary N) is 2. The van der Waals surface area contributed by atoms with E-state index in [1.807, 2.05) is 104 Å². The summed E-state index contributed by atoms with van der Waals surface area (Å²) in [5, 5.41) is 6.68. The van der Waals surface area contributed by atoms with Gasteiger partial charge in [0.1, 0.15) is 0 Å².